The fraction of sp³-hybridized carbons (Fsp3) is 0.269. The molecular weight excluding hydrogens is 408 g/mol. The second-order valence-corrected chi connectivity index (χ2v) is 8.23. The van der Waals surface area contributed by atoms with Crippen molar-refractivity contribution in [3.05, 3.63) is 88.7 Å². The molecule has 0 saturated heterocycles. The van der Waals surface area contributed by atoms with Crippen LogP contribution in [0.15, 0.2) is 66.7 Å². The molecule has 31 heavy (non-hydrogen) atoms. The first kappa shape index (κ1) is 21.3. The molecule has 3 aromatic carbocycles. The molecule has 0 aliphatic heterocycles. The fourth-order valence-corrected chi connectivity index (χ4v) is 3.90. The molecule has 0 bridgehead atoms. The van der Waals surface area contributed by atoms with Crippen molar-refractivity contribution in [2.24, 2.45) is 0 Å². The van der Waals surface area contributed by atoms with Gasteiger partial charge in [-0.15, -0.1) is 0 Å². The summed E-state index contributed by atoms with van der Waals surface area (Å²) in [6, 6.07) is 21.9. The standard InChI is InChI=1S/C26H27ClN2O2/c1-18-9-14-25(19(2)17-18)30-16-6-15-29-24-8-5-4-7-23(24)28-26(29)20(3)31-22-12-10-21(27)11-13-22/h4-5,7-14,17,20H,6,15-16H2,1-3H3. The van der Waals surface area contributed by atoms with Crippen molar-refractivity contribution in [2.45, 2.75) is 39.8 Å². The second-order valence-electron chi connectivity index (χ2n) is 7.80. The molecule has 0 saturated carbocycles. The minimum atomic E-state index is -0.200. The van der Waals surface area contributed by atoms with Gasteiger partial charge in [0.25, 0.3) is 0 Å². The lowest BCUT2D eigenvalue weighted by atomic mass is 10.1. The Balaban J connectivity index is 1.48. The maximum Gasteiger partial charge on any atom is 0.153 e. The van der Waals surface area contributed by atoms with Crippen LogP contribution in [0.2, 0.25) is 5.02 Å². The number of nitrogens with zero attached hydrogens (tertiary/aromatic N) is 2. The highest BCUT2D eigenvalue weighted by molar-refractivity contribution is 6.30. The normalized spacial score (nSPS) is 12.1. The molecule has 0 spiro atoms. The SMILES string of the molecule is Cc1ccc(OCCCn2c(C(C)Oc3ccc(Cl)cc3)nc3ccccc32)c(C)c1. The number of fused-ring (bicyclic) bond motifs is 1. The van der Waals surface area contributed by atoms with E-state index in [4.69, 9.17) is 26.1 Å². The van der Waals surface area contributed by atoms with Gasteiger partial charge in [0, 0.05) is 11.6 Å². The number of hydrogen-bond acceptors (Lipinski definition) is 3. The second kappa shape index (κ2) is 9.44. The number of benzene rings is 3. The monoisotopic (exact) mass is 434 g/mol. The van der Waals surface area contributed by atoms with Crippen LogP contribution in [0.4, 0.5) is 0 Å². The van der Waals surface area contributed by atoms with Crippen molar-refractivity contribution in [2.75, 3.05) is 6.61 Å². The van der Waals surface area contributed by atoms with Crippen LogP contribution in [-0.2, 0) is 6.54 Å². The van der Waals surface area contributed by atoms with Crippen LogP contribution in [0.3, 0.4) is 0 Å². The van der Waals surface area contributed by atoms with Gasteiger partial charge in [-0.1, -0.05) is 41.4 Å². The van der Waals surface area contributed by atoms with Gasteiger partial charge in [-0.3, -0.25) is 0 Å². The Morgan fingerprint density at radius 2 is 1.77 bits per heavy atom. The van der Waals surface area contributed by atoms with Gasteiger partial charge in [0.15, 0.2) is 11.9 Å². The minimum absolute atomic E-state index is 0.200. The van der Waals surface area contributed by atoms with E-state index in [1.165, 1.54) is 11.1 Å². The number of aryl methyl sites for hydroxylation is 3. The zero-order valence-electron chi connectivity index (χ0n) is 18.1. The highest BCUT2D eigenvalue weighted by Crippen LogP contribution is 2.26. The molecule has 0 N–H and O–H groups in total. The molecular formula is C26H27ClN2O2. The van der Waals surface area contributed by atoms with E-state index in [-0.39, 0.29) is 6.10 Å². The van der Waals surface area contributed by atoms with Crippen molar-refractivity contribution < 1.29 is 9.47 Å². The quantitative estimate of drug-likeness (QED) is 0.282. The van der Waals surface area contributed by atoms with Crippen LogP contribution < -0.4 is 9.47 Å². The van der Waals surface area contributed by atoms with Crippen LogP contribution in [0.25, 0.3) is 11.0 Å². The molecule has 160 valence electrons. The zero-order chi connectivity index (χ0) is 21.8. The third-order valence-electron chi connectivity index (χ3n) is 5.29. The van der Waals surface area contributed by atoms with E-state index in [0.717, 1.165) is 41.3 Å². The summed E-state index contributed by atoms with van der Waals surface area (Å²) in [7, 11) is 0. The Labute approximate surface area is 188 Å². The van der Waals surface area contributed by atoms with Crippen LogP contribution >= 0.6 is 11.6 Å². The molecule has 1 atom stereocenters. The zero-order valence-corrected chi connectivity index (χ0v) is 18.9. The van der Waals surface area contributed by atoms with Crippen molar-refractivity contribution in [3.63, 3.8) is 0 Å². The number of aromatic nitrogens is 2. The summed E-state index contributed by atoms with van der Waals surface area (Å²) in [6.07, 6.45) is 0.669. The molecule has 4 nitrogen and oxygen atoms in total. The van der Waals surface area contributed by atoms with Crippen LogP contribution in [-0.4, -0.2) is 16.2 Å². The van der Waals surface area contributed by atoms with Gasteiger partial charge in [-0.05, 0) is 75.2 Å². The Morgan fingerprint density at radius 1 is 1.00 bits per heavy atom. The third-order valence-corrected chi connectivity index (χ3v) is 5.54. The van der Waals surface area contributed by atoms with Gasteiger partial charge in [0.05, 0.1) is 17.6 Å². The molecule has 1 heterocycles. The molecule has 4 rings (SSSR count). The lowest BCUT2D eigenvalue weighted by Gasteiger charge is -2.17. The first-order valence-corrected chi connectivity index (χ1v) is 11.0. The summed E-state index contributed by atoms with van der Waals surface area (Å²) in [6.45, 7) is 7.64. The molecule has 5 heteroatoms. The van der Waals surface area contributed by atoms with Crippen molar-refractivity contribution in [1.29, 1.82) is 0 Å². The molecule has 0 aliphatic rings. The largest absolute Gasteiger partial charge is 0.493 e. The highest BCUT2D eigenvalue weighted by atomic mass is 35.5. The molecule has 4 aromatic rings. The first-order chi connectivity index (χ1) is 15.0. The predicted octanol–water partition coefficient (Wildman–Crippen LogP) is 6.92. The average Bonchev–Trinajstić information content (AvgIpc) is 3.13. The van der Waals surface area contributed by atoms with Gasteiger partial charge >= 0.3 is 0 Å². The predicted molar refractivity (Wildman–Crippen MR) is 126 cm³/mol. The molecule has 0 amide bonds. The maximum absolute atomic E-state index is 6.15. The van der Waals surface area contributed by atoms with Crippen LogP contribution in [0.1, 0.15) is 36.4 Å². The summed E-state index contributed by atoms with van der Waals surface area (Å²) in [5, 5.41) is 0.691. The Kier molecular flexibility index (Phi) is 6.47. The van der Waals surface area contributed by atoms with Gasteiger partial charge in [0.1, 0.15) is 11.5 Å². The van der Waals surface area contributed by atoms with E-state index in [1.54, 1.807) is 0 Å². The van der Waals surface area contributed by atoms with E-state index in [9.17, 15) is 0 Å². The molecule has 1 aromatic heterocycles. The van der Waals surface area contributed by atoms with Crippen molar-refractivity contribution in [3.8, 4) is 11.5 Å². The van der Waals surface area contributed by atoms with Crippen LogP contribution in [0.5, 0.6) is 11.5 Å². The number of rotatable bonds is 8. The molecule has 0 aliphatic carbocycles. The Hall–Kier alpha value is -2.98. The lowest BCUT2D eigenvalue weighted by molar-refractivity contribution is 0.210. The first-order valence-electron chi connectivity index (χ1n) is 10.6. The number of ether oxygens (including phenoxy) is 2. The average molecular weight is 435 g/mol. The molecule has 1 unspecified atom stereocenters. The van der Waals surface area contributed by atoms with Gasteiger partial charge < -0.3 is 14.0 Å². The van der Waals surface area contributed by atoms with Gasteiger partial charge in [0.2, 0.25) is 0 Å². The van der Waals surface area contributed by atoms with Crippen LogP contribution in [0, 0.1) is 13.8 Å². The van der Waals surface area contributed by atoms with Crippen molar-refractivity contribution in [1.82, 2.24) is 9.55 Å². The van der Waals surface area contributed by atoms with Gasteiger partial charge in [-0.25, -0.2) is 4.98 Å². The number of imidazole rings is 1. The van der Waals surface area contributed by atoms with E-state index >= 15 is 0 Å². The summed E-state index contributed by atoms with van der Waals surface area (Å²) >= 11 is 5.99. The number of para-hydroxylation sites is 2. The summed E-state index contributed by atoms with van der Waals surface area (Å²) in [5.41, 5.74) is 4.49. The van der Waals surface area contributed by atoms with E-state index in [2.05, 4.69) is 36.6 Å². The maximum atomic E-state index is 6.15. The highest BCUT2D eigenvalue weighted by Gasteiger charge is 2.18. The van der Waals surface area contributed by atoms with E-state index in [0.29, 0.717) is 11.6 Å². The lowest BCUT2D eigenvalue weighted by Crippen LogP contribution is -2.13. The molecule has 0 radical (unpaired) electrons. The minimum Gasteiger partial charge on any atom is -0.493 e. The summed E-state index contributed by atoms with van der Waals surface area (Å²) < 4.78 is 14.4. The molecule has 0 fully saturated rings. The smallest absolute Gasteiger partial charge is 0.153 e. The Morgan fingerprint density at radius 3 is 2.55 bits per heavy atom. The van der Waals surface area contributed by atoms with E-state index < -0.39 is 0 Å². The van der Waals surface area contributed by atoms with Crippen molar-refractivity contribution >= 4 is 22.6 Å². The Bertz CT molecular complexity index is 1170. The number of hydrogen-bond donors (Lipinski definition) is 0. The fourth-order valence-electron chi connectivity index (χ4n) is 3.78. The summed E-state index contributed by atoms with van der Waals surface area (Å²) in [5.74, 6) is 2.62. The number of halogens is 1. The van der Waals surface area contributed by atoms with Gasteiger partial charge in [-0.2, -0.15) is 0 Å². The van der Waals surface area contributed by atoms with E-state index in [1.807, 2.05) is 55.5 Å². The topological polar surface area (TPSA) is 36.3 Å². The third kappa shape index (κ3) is 5.02. The summed E-state index contributed by atoms with van der Waals surface area (Å²) in [4.78, 5) is 4.86.